The van der Waals surface area contributed by atoms with Gasteiger partial charge in [-0.25, -0.2) is 0 Å². The summed E-state index contributed by atoms with van der Waals surface area (Å²) >= 11 is 0. The third-order valence-electron chi connectivity index (χ3n) is 2.67. The van der Waals surface area contributed by atoms with Crippen LogP contribution in [0.5, 0.6) is 11.5 Å². The Hall–Kier alpha value is -1.26. The molecule has 17 heavy (non-hydrogen) atoms. The van der Waals surface area contributed by atoms with Gasteiger partial charge in [-0.1, -0.05) is 0 Å². The van der Waals surface area contributed by atoms with Gasteiger partial charge in [-0.2, -0.15) is 0 Å². The number of hydrogen-bond donors (Lipinski definition) is 2. The average molecular weight is 238 g/mol. The highest BCUT2D eigenvalue weighted by molar-refractivity contribution is 5.46. The molecule has 0 aliphatic carbocycles. The molecule has 1 aromatic carbocycles. The van der Waals surface area contributed by atoms with E-state index in [0.29, 0.717) is 0 Å². The summed E-state index contributed by atoms with van der Waals surface area (Å²) < 4.78 is 10.7. The first-order chi connectivity index (χ1) is 8.22. The summed E-state index contributed by atoms with van der Waals surface area (Å²) in [5, 5.41) is 6.33. The van der Waals surface area contributed by atoms with Crippen LogP contribution < -0.4 is 20.1 Å². The fourth-order valence-corrected chi connectivity index (χ4v) is 1.75. The highest BCUT2D eigenvalue weighted by atomic mass is 16.5. The molecule has 0 saturated carbocycles. The molecule has 0 aliphatic heterocycles. The molecule has 0 heterocycles. The number of rotatable bonds is 7. The lowest BCUT2D eigenvalue weighted by atomic mass is 10.1. The summed E-state index contributed by atoms with van der Waals surface area (Å²) in [6, 6.07) is 4.07. The van der Waals surface area contributed by atoms with Crippen LogP contribution in [0, 0.1) is 6.92 Å². The molecule has 96 valence electrons. The Kier molecular flexibility index (Phi) is 5.80. The van der Waals surface area contributed by atoms with Gasteiger partial charge in [0, 0.05) is 13.2 Å². The predicted molar refractivity (Wildman–Crippen MR) is 69.9 cm³/mol. The summed E-state index contributed by atoms with van der Waals surface area (Å²) in [7, 11) is 5.31. The molecular formula is C13H22N2O2. The maximum atomic E-state index is 5.38. The van der Waals surface area contributed by atoms with E-state index in [0.717, 1.165) is 36.7 Å². The van der Waals surface area contributed by atoms with Crippen LogP contribution in [-0.4, -0.2) is 34.5 Å². The second-order valence-corrected chi connectivity index (χ2v) is 3.91. The Bertz CT molecular complexity index is 354. The van der Waals surface area contributed by atoms with E-state index < -0.39 is 0 Å². The Morgan fingerprint density at radius 3 is 2.41 bits per heavy atom. The van der Waals surface area contributed by atoms with E-state index in [-0.39, 0.29) is 0 Å². The largest absolute Gasteiger partial charge is 0.496 e. The summed E-state index contributed by atoms with van der Waals surface area (Å²) in [4.78, 5) is 0. The van der Waals surface area contributed by atoms with Gasteiger partial charge in [0.25, 0.3) is 0 Å². The van der Waals surface area contributed by atoms with Crippen LogP contribution in [-0.2, 0) is 6.42 Å². The van der Waals surface area contributed by atoms with Gasteiger partial charge in [0.15, 0.2) is 0 Å². The molecule has 0 bridgehead atoms. The lowest BCUT2D eigenvalue weighted by molar-refractivity contribution is 0.396. The predicted octanol–water partition coefficient (Wildman–Crippen LogP) is 1.32. The van der Waals surface area contributed by atoms with Crippen molar-refractivity contribution in [1.82, 2.24) is 10.6 Å². The van der Waals surface area contributed by atoms with Crippen LogP contribution in [0.1, 0.15) is 11.1 Å². The minimum Gasteiger partial charge on any atom is -0.496 e. The van der Waals surface area contributed by atoms with Gasteiger partial charge < -0.3 is 20.1 Å². The first-order valence-electron chi connectivity index (χ1n) is 5.79. The average Bonchev–Trinajstić information content (AvgIpc) is 2.35. The van der Waals surface area contributed by atoms with E-state index in [9.17, 15) is 0 Å². The minimum absolute atomic E-state index is 0.811. The molecule has 0 saturated heterocycles. The zero-order chi connectivity index (χ0) is 12.7. The van der Waals surface area contributed by atoms with Gasteiger partial charge in [0.1, 0.15) is 11.5 Å². The van der Waals surface area contributed by atoms with Crippen molar-refractivity contribution in [1.29, 1.82) is 0 Å². The van der Waals surface area contributed by atoms with Crippen LogP contribution in [0.15, 0.2) is 12.1 Å². The van der Waals surface area contributed by atoms with Gasteiger partial charge in [0.05, 0.1) is 14.2 Å². The number of methoxy groups -OCH3 is 2. The molecule has 0 spiro atoms. The van der Waals surface area contributed by atoms with Crippen molar-refractivity contribution < 1.29 is 9.47 Å². The highest BCUT2D eigenvalue weighted by Gasteiger charge is 2.07. The molecular weight excluding hydrogens is 216 g/mol. The molecule has 0 unspecified atom stereocenters. The van der Waals surface area contributed by atoms with Gasteiger partial charge >= 0.3 is 0 Å². The van der Waals surface area contributed by atoms with Crippen LogP contribution >= 0.6 is 0 Å². The van der Waals surface area contributed by atoms with Crippen molar-refractivity contribution in [2.45, 2.75) is 13.3 Å². The highest BCUT2D eigenvalue weighted by Crippen LogP contribution is 2.28. The number of aryl methyl sites for hydroxylation is 1. The normalized spacial score (nSPS) is 10.4. The molecule has 0 aliphatic rings. The third-order valence-corrected chi connectivity index (χ3v) is 2.67. The standard InChI is InChI=1S/C13H22N2O2/c1-10-7-13(17-4)11(8-12(10)16-3)5-6-15-9-14-2/h7-8,14-15H,5-6,9H2,1-4H3. The second-order valence-electron chi connectivity index (χ2n) is 3.91. The van der Waals surface area contributed by atoms with Gasteiger partial charge in [-0.15, -0.1) is 0 Å². The SMILES string of the molecule is CNCNCCc1cc(OC)c(C)cc1OC. The van der Waals surface area contributed by atoms with E-state index in [1.54, 1.807) is 14.2 Å². The zero-order valence-corrected chi connectivity index (χ0v) is 11.1. The lowest BCUT2D eigenvalue weighted by Crippen LogP contribution is -2.27. The van der Waals surface area contributed by atoms with Crippen LogP contribution in [0.4, 0.5) is 0 Å². The number of benzene rings is 1. The van der Waals surface area contributed by atoms with Crippen molar-refractivity contribution in [3.8, 4) is 11.5 Å². The molecule has 2 N–H and O–H groups in total. The fourth-order valence-electron chi connectivity index (χ4n) is 1.75. The van der Waals surface area contributed by atoms with Gasteiger partial charge in [-0.3, -0.25) is 0 Å². The van der Waals surface area contributed by atoms with Crippen molar-refractivity contribution in [3.05, 3.63) is 23.3 Å². The molecule has 0 amide bonds. The maximum Gasteiger partial charge on any atom is 0.122 e. The van der Waals surface area contributed by atoms with E-state index >= 15 is 0 Å². The third kappa shape index (κ3) is 3.91. The van der Waals surface area contributed by atoms with E-state index in [1.165, 1.54) is 5.56 Å². The number of nitrogens with one attached hydrogen (secondary N) is 2. The fraction of sp³-hybridized carbons (Fsp3) is 0.538. The van der Waals surface area contributed by atoms with Gasteiger partial charge in [0.2, 0.25) is 0 Å². The second kappa shape index (κ2) is 7.14. The summed E-state index contributed by atoms with van der Waals surface area (Å²) in [5.41, 5.74) is 2.26. The summed E-state index contributed by atoms with van der Waals surface area (Å²) in [6.07, 6.45) is 0.918. The number of ether oxygens (including phenoxy) is 2. The van der Waals surface area contributed by atoms with E-state index in [1.807, 2.05) is 20.0 Å². The van der Waals surface area contributed by atoms with Gasteiger partial charge in [-0.05, 0) is 43.7 Å². The summed E-state index contributed by atoms with van der Waals surface area (Å²) in [5.74, 6) is 1.84. The Morgan fingerprint density at radius 2 is 1.82 bits per heavy atom. The Balaban J connectivity index is 2.74. The Labute approximate surface area is 103 Å². The summed E-state index contributed by atoms with van der Waals surface area (Å²) in [6.45, 7) is 3.74. The van der Waals surface area contributed by atoms with Crippen LogP contribution in [0.25, 0.3) is 0 Å². The molecule has 1 rings (SSSR count). The van der Waals surface area contributed by atoms with E-state index in [4.69, 9.17) is 9.47 Å². The Morgan fingerprint density at radius 1 is 1.12 bits per heavy atom. The van der Waals surface area contributed by atoms with Crippen molar-refractivity contribution in [3.63, 3.8) is 0 Å². The van der Waals surface area contributed by atoms with Crippen molar-refractivity contribution >= 4 is 0 Å². The smallest absolute Gasteiger partial charge is 0.122 e. The van der Waals surface area contributed by atoms with Crippen molar-refractivity contribution in [2.24, 2.45) is 0 Å². The molecule has 0 fully saturated rings. The molecule has 4 nitrogen and oxygen atoms in total. The molecule has 0 aromatic heterocycles. The lowest BCUT2D eigenvalue weighted by Gasteiger charge is -2.13. The molecule has 4 heteroatoms. The first-order valence-corrected chi connectivity index (χ1v) is 5.79. The topological polar surface area (TPSA) is 42.5 Å². The maximum absolute atomic E-state index is 5.38. The molecule has 0 atom stereocenters. The quantitative estimate of drug-likeness (QED) is 0.555. The first kappa shape index (κ1) is 13.8. The van der Waals surface area contributed by atoms with Crippen LogP contribution in [0.2, 0.25) is 0 Å². The molecule has 1 aromatic rings. The van der Waals surface area contributed by atoms with E-state index in [2.05, 4.69) is 16.7 Å². The number of hydrogen-bond acceptors (Lipinski definition) is 4. The minimum atomic E-state index is 0.811. The van der Waals surface area contributed by atoms with Crippen LogP contribution in [0.3, 0.4) is 0 Å². The monoisotopic (exact) mass is 238 g/mol. The zero-order valence-electron chi connectivity index (χ0n) is 11.1. The molecule has 0 radical (unpaired) electrons. The van der Waals surface area contributed by atoms with Crippen molar-refractivity contribution in [2.75, 3.05) is 34.5 Å².